The highest BCUT2D eigenvalue weighted by molar-refractivity contribution is 5.87. The van der Waals surface area contributed by atoms with E-state index in [2.05, 4.69) is 4.74 Å². The van der Waals surface area contributed by atoms with Gasteiger partial charge in [0, 0.05) is 18.7 Å². The molecule has 1 heterocycles. The SMILES string of the molecule is CCC1COCCN1c1ccc(/C=C/C(=O)OC)cc1[N+](=O)[O-]. The predicted octanol–water partition coefficient (Wildman–Crippen LogP) is 2.40. The number of methoxy groups -OCH3 is 1. The summed E-state index contributed by atoms with van der Waals surface area (Å²) in [7, 11) is 1.28. The third kappa shape index (κ3) is 4.07. The number of ether oxygens (including phenoxy) is 2. The Bertz CT molecular complexity index is 614. The molecule has 124 valence electrons. The van der Waals surface area contributed by atoms with Crippen molar-refractivity contribution < 1.29 is 19.2 Å². The van der Waals surface area contributed by atoms with Gasteiger partial charge in [0.1, 0.15) is 5.69 Å². The summed E-state index contributed by atoms with van der Waals surface area (Å²) in [5.41, 5.74) is 1.19. The average Bonchev–Trinajstić information content (AvgIpc) is 2.59. The van der Waals surface area contributed by atoms with E-state index in [9.17, 15) is 14.9 Å². The van der Waals surface area contributed by atoms with E-state index in [1.54, 1.807) is 12.1 Å². The molecule has 1 aliphatic heterocycles. The van der Waals surface area contributed by atoms with Crippen molar-refractivity contribution in [1.82, 2.24) is 0 Å². The van der Waals surface area contributed by atoms with Crippen LogP contribution in [0, 0.1) is 10.1 Å². The van der Waals surface area contributed by atoms with Gasteiger partial charge in [0.25, 0.3) is 5.69 Å². The molecule has 1 aromatic rings. The number of nitrogens with zero attached hydrogens (tertiary/aromatic N) is 2. The molecule has 7 nitrogen and oxygen atoms in total. The smallest absolute Gasteiger partial charge is 0.330 e. The molecular weight excluding hydrogens is 300 g/mol. The maximum atomic E-state index is 11.4. The first-order chi connectivity index (χ1) is 11.1. The molecule has 0 amide bonds. The molecule has 0 aliphatic carbocycles. The van der Waals surface area contributed by atoms with Crippen molar-refractivity contribution >= 4 is 23.4 Å². The molecule has 1 saturated heterocycles. The molecule has 2 rings (SSSR count). The van der Waals surface area contributed by atoms with Gasteiger partial charge in [-0.1, -0.05) is 13.0 Å². The van der Waals surface area contributed by atoms with Gasteiger partial charge in [0.05, 0.1) is 31.3 Å². The normalized spacial score (nSPS) is 18.2. The highest BCUT2D eigenvalue weighted by Gasteiger charge is 2.27. The molecular formula is C16H20N2O5. The average molecular weight is 320 g/mol. The minimum absolute atomic E-state index is 0.0253. The molecule has 1 aliphatic rings. The Hall–Kier alpha value is -2.41. The van der Waals surface area contributed by atoms with Crippen molar-refractivity contribution in [2.45, 2.75) is 19.4 Å². The summed E-state index contributed by atoms with van der Waals surface area (Å²) in [5.74, 6) is -0.504. The Morgan fingerprint density at radius 1 is 1.57 bits per heavy atom. The van der Waals surface area contributed by atoms with Crippen LogP contribution in [0.4, 0.5) is 11.4 Å². The molecule has 0 saturated carbocycles. The summed E-state index contributed by atoms with van der Waals surface area (Å²) < 4.78 is 9.97. The number of hydrogen-bond acceptors (Lipinski definition) is 6. The van der Waals surface area contributed by atoms with Gasteiger partial charge in [0.2, 0.25) is 0 Å². The fraction of sp³-hybridized carbons (Fsp3) is 0.438. The molecule has 1 unspecified atom stereocenters. The van der Waals surface area contributed by atoms with Crippen LogP contribution in [0.2, 0.25) is 0 Å². The maximum absolute atomic E-state index is 11.4. The third-order valence-electron chi connectivity index (χ3n) is 3.82. The van der Waals surface area contributed by atoms with Crippen molar-refractivity contribution in [3.8, 4) is 0 Å². The number of anilines is 1. The molecule has 23 heavy (non-hydrogen) atoms. The summed E-state index contributed by atoms with van der Waals surface area (Å²) >= 11 is 0. The number of hydrogen-bond donors (Lipinski definition) is 0. The lowest BCUT2D eigenvalue weighted by Crippen LogP contribution is -2.45. The summed E-state index contributed by atoms with van der Waals surface area (Å²) in [5, 5.41) is 11.4. The van der Waals surface area contributed by atoms with Crippen LogP contribution >= 0.6 is 0 Å². The van der Waals surface area contributed by atoms with Crippen molar-refractivity contribution in [2.75, 3.05) is 31.8 Å². The number of morpholine rings is 1. The van der Waals surface area contributed by atoms with Crippen LogP contribution in [-0.2, 0) is 14.3 Å². The largest absolute Gasteiger partial charge is 0.466 e. The van der Waals surface area contributed by atoms with Crippen molar-refractivity contribution in [3.05, 3.63) is 40.0 Å². The maximum Gasteiger partial charge on any atom is 0.330 e. The Kier molecular flexibility index (Phi) is 5.70. The number of nitro benzene ring substituents is 1. The van der Waals surface area contributed by atoms with Crippen LogP contribution in [0.1, 0.15) is 18.9 Å². The lowest BCUT2D eigenvalue weighted by molar-refractivity contribution is -0.384. The van der Waals surface area contributed by atoms with Crippen LogP contribution in [0.5, 0.6) is 0 Å². The van der Waals surface area contributed by atoms with Crippen molar-refractivity contribution in [3.63, 3.8) is 0 Å². The second-order valence-corrected chi connectivity index (χ2v) is 5.19. The monoisotopic (exact) mass is 320 g/mol. The fourth-order valence-corrected chi connectivity index (χ4v) is 2.58. The topological polar surface area (TPSA) is 81.9 Å². The standard InChI is InChI=1S/C16H20N2O5/c1-3-13-11-23-9-8-17(13)14-6-4-12(5-7-16(19)22-2)10-15(14)18(20)21/h4-7,10,13H,3,8-9,11H2,1-2H3/b7-5+. The van der Waals surface area contributed by atoms with Crippen LogP contribution in [0.15, 0.2) is 24.3 Å². The van der Waals surface area contributed by atoms with Gasteiger partial charge in [0.15, 0.2) is 0 Å². The second kappa shape index (κ2) is 7.73. The van der Waals surface area contributed by atoms with Crippen LogP contribution in [0.25, 0.3) is 6.08 Å². The van der Waals surface area contributed by atoms with Gasteiger partial charge in [-0.2, -0.15) is 0 Å². The van der Waals surface area contributed by atoms with Gasteiger partial charge in [-0.3, -0.25) is 10.1 Å². The van der Waals surface area contributed by atoms with Gasteiger partial charge < -0.3 is 14.4 Å². The number of nitro groups is 1. The Labute approximate surface area is 134 Å². The minimum Gasteiger partial charge on any atom is -0.466 e. The number of benzene rings is 1. The molecule has 0 bridgehead atoms. The van der Waals surface area contributed by atoms with Gasteiger partial charge >= 0.3 is 5.97 Å². The summed E-state index contributed by atoms with van der Waals surface area (Å²) in [4.78, 5) is 24.2. The molecule has 0 spiro atoms. The highest BCUT2D eigenvalue weighted by atomic mass is 16.6. The zero-order chi connectivity index (χ0) is 16.8. The minimum atomic E-state index is -0.504. The predicted molar refractivity (Wildman–Crippen MR) is 86.4 cm³/mol. The highest BCUT2D eigenvalue weighted by Crippen LogP contribution is 2.32. The van der Waals surface area contributed by atoms with Crippen molar-refractivity contribution in [1.29, 1.82) is 0 Å². The first-order valence-electron chi connectivity index (χ1n) is 7.45. The first kappa shape index (κ1) is 17.0. The number of esters is 1. The summed E-state index contributed by atoms with van der Waals surface area (Å²) in [6.07, 6.45) is 3.59. The molecule has 1 aromatic carbocycles. The number of carbonyl (C=O) groups is 1. The number of carbonyl (C=O) groups excluding carboxylic acids is 1. The second-order valence-electron chi connectivity index (χ2n) is 5.19. The van der Waals surface area contributed by atoms with E-state index in [0.717, 1.165) is 6.42 Å². The zero-order valence-corrected chi connectivity index (χ0v) is 13.2. The Balaban J connectivity index is 2.34. The molecule has 1 fully saturated rings. The van der Waals surface area contributed by atoms with E-state index in [4.69, 9.17) is 4.74 Å². The van der Waals surface area contributed by atoms with Gasteiger partial charge in [-0.25, -0.2) is 4.79 Å². The Morgan fingerprint density at radius 3 is 3.00 bits per heavy atom. The van der Waals surface area contributed by atoms with E-state index in [0.29, 0.717) is 31.0 Å². The van der Waals surface area contributed by atoms with Crippen LogP contribution in [-0.4, -0.2) is 43.8 Å². The molecule has 0 aromatic heterocycles. The van der Waals surface area contributed by atoms with Crippen molar-refractivity contribution in [2.24, 2.45) is 0 Å². The molecule has 0 radical (unpaired) electrons. The van der Waals surface area contributed by atoms with Crippen LogP contribution < -0.4 is 4.90 Å². The van der Waals surface area contributed by atoms with E-state index in [1.807, 2.05) is 11.8 Å². The zero-order valence-electron chi connectivity index (χ0n) is 13.2. The quantitative estimate of drug-likeness (QED) is 0.358. The molecule has 1 atom stereocenters. The lowest BCUT2D eigenvalue weighted by Gasteiger charge is -2.36. The van der Waals surface area contributed by atoms with Gasteiger partial charge in [-0.05, 0) is 24.1 Å². The third-order valence-corrected chi connectivity index (χ3v) is 3.82. The molecule has 7 heteroatoms. The summed E-state index contributed by atoms with van der Waals surface area (Å²) in [6, 6.07) is 5.07. The Morgan fingerprint density at radius 2 is 2.35 bits per heavy atom. The lowest BCUT2D eigenvalue weighted by atomic mass is 10.1. The fourth-order valence-electron chi connectivity index (χ4n) is 2.58. The first-order valence-corrected chi connectivity index (χ1v) is 7.45. The van der Waals surface area contributed by atoms with E-state index in [1.165, 1.54) is 25.3 Å². The summed E-state index contributed by atoms with van der Waals surface area (Å²) in [6.45, 7) is 3.78. The number of rotatable bonds is 5. The molecule has 0 N–H and O–H groups in total. The van der Waals surface area contributed by atoms with Crippen LogP contribution in [0.3, 0.4) is 0 Å². The van der Waals surface area contributed by atoms with E-state index in [-0.39, 0.29) is 11.7 Å². The van der Waals surface area contributed by atoms with Gasteiger partial charge in [-0.15, -0.1) is 0 Å². The van der Waals surface area contributed by atoms with E-state index < -0.39 is 10.9 Å². The van der Waals surface area contributed by atoms with E-state index >= 15 is 0 Å².